The van der Waals surface area contributed by atoms with Crippen molar-refractivity contribution in [3.63, 3.8) is 0 Å². The van der Waals surface area contributed by atoms with Crippen LogP contribution in [0.3, 0.4) is 0 Å². The highest BCUT2D eigenvalue weighted by atomic mass is 16.1. The largest absolute Gasteiger partial charge is 0.369 e. The number of nitrogens with two attached hydrogens (primary N) is 1. The number of rotatable bonds is 2. The molecule has 1 aliphatic heterocycles. The van der Waals surface area contributed by atoms with Crippen molar-refractivity contribution >= 4 is 5.91 Å². The van der Waals surface area contributed by atoms with Crippen LogP contribution in [0.5, 0.6) is 0 Å². The van der Waals surface area contributed by atoms with Gasteiger partial charge in [0.1, 0.15) is 0 Å². The smallest absolute Gasteiger partial charge is 0.231 e. The van der Waals surface area contributed by atoms with Crippen LogP contribution in [-0.2, 0) is 4.79 Å². The first-order valence-corrected chi connectivity index (χ1v) is 4.93. The number of nitrogens with zero attached hydrogens (tertiary/aromatic N) is 1. The highest BCUT2D eigenvalue weighted by molar-refractivity contribution is 5.76. The fourth-order valence-corrected chi connectivity index (χ4v) is 2.20. The van der Waals surface area contributed by atoms with Gasteiger partial charge in [-0.1, -0.05) is 20.8 Å². The van der Waals surface area contributed by atoms with E-state index in [9.17, 15) is 4.79 Å². The van der Waals surface area contributed by atoms with Crippen molar-refractivity contribution in [1.29, 1.82) is 0 Å². The molecule has 2 N–H and O–H groups in total. The zero-order valence-electron chi connectivity index (χ0n) is 8.84. The number of primary amides is 1. The average Bonchev–Trinajstić information content (AvgIpc) is 2.31. The van der Waals surface area contributed by atoms with E-state index in [-0.39, 0.29) is 11.3 Å². The summed E-state index contributed by atoms with van der Waals surface area (Å²) < 4.78 is 0. The van der Waals surface area contributed by atoms with E-state index in [4.69, 9.17) is 5.73 Å². The van der Waals surface area contributed by atoms with Gasteiger partial charge in [-0.3, -0.25) is 9.69 Å². The molecule has 1 unspecified atom stereocenters. The van der Waals surface area contributed by atoms with Gasteiger partial charge in [0.05, 0.1) is 6.54 Å². The zero-order chi connectivity index (χ0) is 10.1. The standard InChI is InChI=1S/C10H20N2O/c1-10(2,3)8-5-4-6-12(8)7-9(11)13/h8H,4-7H2,1-3H3,(H2,11,13). The van der Waals surface area contributed by atoms with E-state index in [1.165, 1.54) is 12.8 Å². The van der Waals surface area contributed by atoms with Crippen LogP contribution in [0.15, 0.2) is 0 Å². The van der Waals surface area contributed by atoms with Gasteiger partial charge in [0.2, 0.25) is 5.91 Å². The molecule has 0 aliphatic carbocycles. The number of carbonyl (C=O) groups is 1. The molecule has 0 aromatic heterocycles. The quantitative estimate of drug-likeness (QED) is 0.695. The topological polar surface area (TPSA) is 46.3 Å². The summed E-state index contributed by atoms with van der Waals surface area (Å²) in [6, 6.07) is 0.514. The number of likely N-dealkylation sites (tertiary alicyclic amines) is 1. The summed E-state index contributed by atoms with van der Waals surface area (Å²) in [6.07, 6.45) is 2.38. The molecule has 1 aliphatic rings. The van der Waals surface area contributed by atoms with Crippen molar-refractivity contribution in [3.05, 3.63) is 0 Å². The van der Waals surface area contributed by atoms with E-state index < -0.39 is 0 Å². The molecule has 76 valence electrons. The van der Waals surface area contributed by atoms with Crippen molar-refractivity contribution in [3.8, 4) is 0 Å². The van der Waals surface area contributed by atoms with E-state index in [2.05, 4.69) is 25.7 Å². The molecule has 0 spiro atoms. The van der Waals surface area contributed by atoms with Crippen LogP contribution in [0.25, 0.3) is 0 Å². The van der Waals surface area contributed by atoms with Gasteiger partial charge >= 0.3 is 0 Å². The predicted octanol–water partition coefficient (Wildman–Crippen LogP) is 0.982. The third kappa shape index (κ3) is 2.69. The first-order valence-electron chi connectivity index (χ1n) is 4.93. The average molecular weight is 184 g/mol. The van der Waals surface area contributed by atoms with Crippen LogP contribution in [0.1, 0.15) is 33.6 Å². The van der Waals surface area contributed by atoms with Gasteiger partial charge < -0.3 is 5.73 Å². The van der Waals surface area contributed by atoms with Crippen LogP contribution in [-0.4, -0.2) is 29.9 Å². The van der Waals surface area contributed by atoms with Crippen molar-refractivity contribution in [2.45, 2.75) is 39.7 Å². The van der Waals surface area contributed by atoms with E-state index in [0.29, 0.717) is 12.6 Å². The molecule has 0 aromatic carbocycles. The predicted molar refractivity (Wildman–Crippen MR) is 53.2 cm³/mol. The summed E-state index contributed by atoms with van der Waals surface area (Å²) >= 11 is 0. The second-order valence-corrected chi connectivity index (χ2v) is 4.96. The Balaban J connectivity index is 2.59. The Kier molecular flexibility index (Phi) is 2.96. The SMILES string of the molecule is CC(C)(C)C1CCCN1CC(N)=O. The molecule has 1 saturated heterocycles. The lowest BCUT2D eigenvalue weighted by Crippen LogP contribution is -2.43. The highest BCUT2D eigenvalue weighted by Gasteiger charge is 2.34. The molecule has 13 heavy (non-hydrogen) atoms. The highest BCUT2D eigenvalue weighted by Crippen LogP contribution is 2.32. The molecule has 1 fully saturated rings. The summed E-state index contributed by atoms with van der Waals surface area (Å²) in [5, 5.41) is 0. The summed E-state index contributed by atoms with van der Waals surface area (Å²) in [5.74, 6) is -0.212. The van der Waals surface area contributed by atoms with Crippen molar-refractivity contribution in [1.82, 2.24) is 4.90 Å². The van der Waals surface area contributed by atoms with Gasteiger partial charge in [0.15, 0.2) is 0 Å². The maximum Gasteiger partial charge on any atom is 0.231 e. The molecule has 0 aromatic rings. The van der Waals surface area contributed by atoms with E-state index in [1.54, 1.807) is 0 Å². The molecular formula is C10H20N2O. The Labute approximate surface area is 80.3 Å². The Hall–Kier alpha value is -0.570. The van der Waals surface area contributed by atoms with Crippen LogP contribution < -0.4 is 5.73 Å². The lowest BCUT2D eigenvalue weighted by molar-refractivity contribution is -0.119. The molecule has 0 saturated carbocycles. The third-order valence-electron chi connectivity index (χ3n) is 2.72. The van der Waals surface area contributed by atoms with E-state index in [1.807, 2.05) is 0 Å². The zero-order valence-corrected chi connectivity index (χ0v) is 8.84. The van der Waals surface area contributed by atoms with Gasteiger partial charge in [-0.15, -0.1) is 0 Å². The monoisotopic (exact) mass is 184 g/mol. The summed E-state index contributed by atoms with van der Waals surface area (Å²) in [5.41, 5.74) is 5.45. The molecule has 0 bridgehead atoms. The summed E-state index contributed by atoms with van der Waals surface area (Å²) in [4.78, 5) is 13.0. The number of amides is 1. The minimum atomic E-state index is -0.212. The van der Waals surface area contributed by atoms with Gasteiger partial charge in [-0.25, -0.2) is 0 Å². The lowest BCUT2D eigenvalue weighted by atomic mass is 9.85. The van der Waals surface area contributed by atoms with Gasteiger partial charge in [0, 0.05) is 6.04 Å². The number of hydrogen-bond acceptors (Lipinski definition) is 2. The Morgan fingerprint density at radius 2 is 2.15 bits per heavy atom. The first kappa shape index (κ1) is 10.5. The molecule has 3 nitrogen and oxygen atoms in total. The van der Waals surface area contributed by atoms with Crippen LogP contribution in [0, 0.1) is 5.41 Å². The minimum Gasteiger partial charge on any atom is -0.369 e. The van der Waals surface area contributed by atoms with Gasteiger partial charge in [-0.05, 0) is 24.8 Å². The van der Waals surface area contributed by atoms with Gasteiger partial charge in [0.25, 0.3) is 0 Å². The second-order valence-electron chi connectivity index (χ2n) is 4.96. The molecule has 1 heterocycles. The normalized spacial score (nSPS) is 25.0. The molecule has 1 rings (SSSR count). The molecule has 3 heteroatoms. The minimum absolute atomic E-state index is 0.212. The first-order chi connectivity index (χ1) is 5.91. The fraction of sp³-hybridized carbons (Fsp3) is 0.900. The van der Waals surface area contributed by atoms with Crippen molar-refractivity contribution in [2.75, 3.05) is 13.1 Å². The molecule has 1 amide bonds. The van der Waals surface area contributed by atoms with Crippen molar-refractivity contribution < 1.29 is 4.79 Å². The van der Waals surface area contributed by atoms with Crippen LogP contribution in [0.2, 0.25) is 0 Å². The molecule has 1 atom stereocenters. The Bertz CT molecular complexity index is 196. The van der Waals surface area contributed by atoms with E-state index in [0.717, 1.165) is 6.54 Å². The van der Waals surface area contributed by atoms with E-state index >= 15 is 0 Å². The molecular weight excluding hydrogens is 164 g/mol. The number of carbonyl (C=O) groups excluding carboxylic acids is 1. The van der Waals surface area contributed by atoms with Crippen molar-refractivity contribution in [2.24, 2.45) is 11.1 Å². The maximum absolute atomic E-state index is 10.8. The lowest BCUT2D eigenvalue weighted by Gasteiger charge is -2.34. The second kappa shape index (κ2) is 3.66. The fourth-order valence-electron chi connectivity index (χ4n) is 2.20. The summed E-state index contributed by atoms with van der Waals surface area (Å²) in [7, 11) is 0. The summed E-state index contributed by atoms with van der Waals surface area (Å²) in [6.45, 7) is 8.09. The van der Waals surface area contributed by atoms with Crippen LogP contribution >= 0.6 is 0 Å². The Morgan fingerprint density at radius 1 is 1.54 bits per heavy atom. The Morgan fingerprint density at radius 3 is 2.62 bits per heavy atom. The van der Waals surface area contributed by atoms with Gasteiger partial charge in [-0.2, -0.15) is 0 Å². The third-order valence-corrected chi connectivity index (χ3v) is 2.72. The van der Waals surface area contributed by atoms with Crippen LogP contribution in [0.4, 0.5) is 0 Å². The maximum atomic E-state index is 10.8. The number of hydrogen-bond donors (Lipinski definition) is 1. The molecule has 0 radical (unpaired) electrons.